The van der Waals surface area contributed by atoms with Crippen molar-refractivity contribution in [1.29, 1.82) is 0 Å². The van der Waals surface area contributed by atoms with Gasteiger partial charge in [0.1, 0.15) is 19.3 Å². The fourth-order valence-electron chi connectivity index (χ4n) is 9.28. The monoisotopic (exact) mass is 1040 g/mol. The molecule has 3 atom stereocenters. The first kappa shape index (κ1) is 70.5. The van der Waals surface area contributed by atoms with E-state index in [0.29, 0.717) is 17.4 Å². The van der Waals surface area contributed by atoms with Crippen molar-refractivity contribution in [3.05, 3.63) is 24.3 Å². The summed E-state index contributed by atoms with van der Waals surface area (Å²) >= 11 is 0. The molecule has 0 aliphatic carbocycles. The summed E-state index contributed by atoms with van der Waals surface area (Å²) in [6.45, 7) is 6.87. The van der Waals surface area contributed by atoms with E-state index in [1.54, 1.807) is 0 Å². The Hall–Kier alpha value is -1.51. The Kier molecular flexibility index (Phi) is 51.8. The highest BCUT2D eigenvalue weighted by Gasteiger charge is 2.27. The van der Waals surface area contributed by atoms with Gasteiger partial charge in [0.25, 0.3) is 7.82 Å². The number of carbonyl (C=O) groups excluding carboxylic acids is 2. The molecule has 0 aliphatic rings. The van der Waals surface area contributed by atoms with Gasteiger partial charge in [0.2, 0.25) is 5.91 Å². The van der Waals surface area contributed by atoms with Crippen molar-refractivity contribution in [3.63, 3.8) is 0 Å². The smallest absolute Gasteiger partial charge is 0.306 e. The van der Waals surface area contributed by atoms with Crippen LogP contribution in [-0.2, 0) is 27.9 Å². The van der Waals surface area contributed by atoms with Crippen molar-refractivity contribution in [1.82, 2.24) is 5.32 Å². The van der Waals surface area contributed by atoms with Crippen LogP contribution >= 0.6 is 7.82 Å². The van der Waals surface area contributed by atoms with Crippen LogP contribution in [0.15, 0.2) is 24.3 Å². The number of hydrogen-bond donors (Lipinski definition) is 1. The van der Waals surface area contributed by atoms with E-state index < -0.39 is 20.0 Å². The second kappa shape index (κ2) is 52.9. The molecule has 0 spiro atoms. The lowest BCUT2D eigenvalue weighted by atomic mass is 10.0. The Morgan fingerprint density at radius 2 is 0.806 bits per heavy atom. The molecular formula is C62H121N2O7P. The lowest BCUT2D eigenvalue weighted by molar-refractivity contribution is -0.870. The Morgan fingerprint density at radius 1 is 0.472 bits per heavy atom. The third-order valence-electron chi connectivity index (χ3n) is 14.1. The number of allylic oxidation sites excluding steroid dienone is 3. The van der Waals surface area contributed by atoms with Gasteiger partial charge in [-0.05, 0) is 57.4 Å². The van der Waals surface area contributed by atoms with E-state index >= 15 is 0 Å². The zero-order chi connectivity index (χ0) is 52.9. The van der Waals surface area contributed by atoms with Crippen molar-refractivity contribution < 1.29 is 37.3 Å². The molecule has 9 nitrogen and oxygen atoms in total. The van der Waals surface area contributed by atoms with Gasteiger partial charge < -0.3 is 28.5 Å². The summed E-state index contributed by atoms with van der Waals surface area (Å²) in [5, 5.41) is 3.03. The number of unbranched alkanes of at least 4 members (excludes halogenated alkanes) is 39. The average Bonchev–Trinajstić information content (AvgIpc) is 3.34. The molecule has 426 valence electrons. The number of carbonyl (C=O) groups is 2. The number of amides is 1. The third-order valence-corrected chi connectivity index (χ3v) is 15.1. The number of nitrogens with one attached hydrogen (secondary N) is 1. The Morgan fingerprint density at radius 3 is 1.18 bits per heavy atom. The number of rotatable bonds is 57. The lowest BCUT2D eigenvalue weighted by Crippen LogP contribution is -2.47. The standard InChI is InChI=1S/C62H121N2O7P/c1-7-10-13-16-19-22-25-28-29-30-31-32-33-34-35-37-40-43-46-49-52-55-62(66)71-60(53-50-47-44-41-38-27-24-21-18-15-12-9-3)59(58-70-72(67,68)69-57-56-64(4,5)6)63-61(65)54-51-48-45-42-39-36-26-23-20-17-14-11-8-2/h28-29,50,53,59-60H,7-27,30-49,51-52,54-58H2,1-6H3,(H-,63,65,67,68)/b29-28+,53-50+. The molecule has 3 unspecified atom stereocenters. The molecular weight excluding hydrogens is 916 g/mol. The minimum atomic E-state index is -4.69. The molecule has 0 saturated carbocycles. The second-order valence-electron chi connectivity index (χ2n) is 22.6. The van der Waals surface area contributed by atoms with Crippen LogP contribution < -0.4 is 10.2 Å². The van der Waals surface area contributed by atoms with E-state index in [-0.39, 0.29) is 31.5 Å². The molecule has 0 aromatic heterocycles. The van der Waals surface area contributed by atoms with Crippen molar-refractivity contribution in [2.75, 3.05) is 40.9 Å². The van der Waals surface area contributed by atoms with Gasteiger partial charge in [-0.25, -0.2) is 0 Å². The molecule has 0 rings (SSSR count). The maximum Gasteiger partial charge on any atom is 0.306 e. The minimum absolute atomic E-state index is 0.0186. The summed E-state index contributed by atoms with van der Waals surface area (Å²) in [6.07, 6.45) is 61.4. The molecule has 1 N–H and O–H groups in total. The predicted molar refractivity (Wildman–Crippen MR) is 307 cm³/mol. The van der Waals surface area contributed by atoms with Crippen molar-refractivity contribution >= 4 is 19.7 Å². The van der Waals surface area contributed by atoms with Crippen LogP contribution in [0.3, 0.4) is 0 Å². The maximum absolute atomic E-state index is 13.5. The maximum atomic E-state index is 13.5. The Balaban J connectivity index is 5.17. The van der Waals surface area contributed by atoms with E-state index in [1.807, 2.05) is 33.3 Å². The Labute approximate surface area is 447 Å². The lowest BCUT2D eigenvalue weighted by Gasteiger charge is -2.30. The molecule has 0 aliphatic heterocycles. The fraction of sp³-hybridized carbons (Fsp3) is 0.903. The number of likely N-dealkylation sites (N-methyl/N-ethyl adjacent to an activating group) is 1. The summed E-state index contributed by atoms with van der Waals surface area (Å²) < 4.78 is 30.3. The number of nitrogens with zero attached hydrogens (tertiary/aromatic N) is 1. The normalized spacial score (nSPS) is 13.8. The quantitative estimate of drug-likeness (QED) is 0.0212. The number of quaternary nitrogens is 1. The highest BCUT2D eigenvalue weighted by molar-refractivity contribution is 7.45. The van der Waals surface area contributed by atoms with Crippen molar-refractivity contribution in [2.45, 2.75) is 322 Å². The fourth-order valence-corrected chi connectivity index (χ4v) is 10.0. The number of hydrogen-bond acceptors (Lipinski definition) is 7. The van der Waals surface area contributed by atoms with Crippen LogP contribution in [0.25, 0.3) is 0 Å². The first-order valence-corrected chi connectivity index (χ1v) is 32.6. The summed E-state index contributed by atoms with van der Waals surface area (Å²) in [5.41, 5.74) is 0. The molecule has 0 aromatic rings. The molecule has 0 fully saturated rings. The van der Waals surface area contributed by atoms with Crippen LogP contribution in [0.4, 0.5) is 0 Å². The number of phosphoric acid groups is 1. The van der Waals surface area contributed by atoms with E-state index in [1.165, 1.54) is 218 Å². The van der Waals surface area contributed by atoms with Gasteiger partial charge in [-0.3, -0.25) is 14.2 Å². The van der Waals surface area contributed by atoms with Crippen LogP contribution in [0, 0.1) is 0 Å². The first-order valence-electron chi connectivity index (χ1n) is 31.1. The van der Waals surface area contributed by atoms with Crippen LogP contribution in [0.5, 0.6) is 0 Å². The third kappa shape index (κ3) is 53.3. The van der Waals surface area contributed by atoms with Crippen molar-refractivity contribution in [2.24, 2.45) is 0 Å². The van der Waals surface area contributed by atoms with Gasteiger partial charge in [-0.15, -0.1) is 0 Å². The molecule has 0 aromatic carbocycles. The van der Waals surface area contributed by atoms with Crippen LogP contribution in [-0.4, -0.2) is 69.4 Å². The summed E-state index contributed by atoms with van der Waals surface area (Å²) in [6, 6.07) is -0.881. The first-order chi connectivity index (χ1) is 34.9. The molecule has 0 saturated heterocycles. The van der Waals surface area contributed by atoms with Crippen LogP contribution in [0.1, 0.15) is 310 Å². The van der Waals surface area contributed by atoms with Gasteiger partial charge in [0, 0.05) is 12.8 Å². The van der Waals surface area contributed by atoms with Gasteiger partial charge >= 0.3 is 5.97 Å². The molecule has 0 radical (unpaired) electrons. The molecule has 72 heavy (non-hydrogen) atoms. The number of phosphoric ester groups is 1. The summed E-state index contributed by atoms with van der Waals surface area (Å²) in [5.74, 6) is -0.526. The van der Waals surface area contributed by atoms with E-state index in [2.05, 4.69) is 38.2 Å². The van der Waals surface area contributed by atoms with E-state index in [9.17, 15) is 19.0 Å². The molecule has 0 heterocycles. The molecule has 1 amide bonds. The average molecular weight is 1040 g/mol. The Bertz CT molecular complexity index is 1290. The SMILES string of the molecule is CCCCCCCC/C=C/CCCCCCCCCCCCCC(=O)OC(/C=C/CCCCCCCCCCCC)C(COP(=O)([O-])OCC[N+](C)(C)C)NC(=O)CCCCCCCCCCCCCCC. The number of esters is 1. The highest BCUT2D eigenvalue weighted by atomic mass is 31.2. The largest absolute Gasteiger partial charge is 0.756 e. The van der Waals surface area contributed by atoms with Gasteiger partial charge in [-0.2, -0.15) is 0 Å². The molecule has 10 heteroatoms. The predicted octanol–water partition coefficient (Wildman–Crippen LogP) is 18.3. The molecule has 0 bridgehead atoms. The number of ether oxygens (including phenoxy) is 1. The van der Waals surface area contributed by atoms with Gasteiger partial charge in [0.05, 0.1) is 33.8 Å². The zero-order valence-electron chi connectivity index (χ0n) is 48.7. The second-order valence-corrected chi connectivity index (χ2v) is 24.0. The highest BCUT2D eigenvalue weighted by Crippen LogP contribution is 2.38. The summed E-state index contributed by atoms with van der Waals surface area (Å²) in [4.78, 5) is 39.9. The zero-order valence-corrected chi connectivity index (χ0v) is 49.6. The topological polar surface area (TPSA) is 114 Å². The van der Waals surface area contributed by atoms with Gasteiger partial charge in [0.15, 0.2) is 0 Å². The van der Waals surface area contributed by atoms with Crippen LogP contribution in [0.2, 0.25) is 0 Å². The minimum Gasteiger partial charge on any atom is -0.756 e. The van der Waals surface area contributed by atoms with E-state index in [0.717, 1.165) is 57.8 Å². The van der Waals surface area contributed by atoms with E-state index in [4.69, 9.17) is 13.8 Å². The van der Waals surface area contributed by atoms with Crippen molar-refractivity contribution in [3.8, 4) is 0 Å². The van der Waals surface area contributed by atoms with Gasteiger partial charge in [-0.1, -0.05) is 264 Å². The summed E-state index contributed by atoms with van der Waals surface area (Å²) in [7, 11) is 1.20.